The number of carboxylic acid groups (broad SMARTS) is 1. The molecule has 8 aromatic heterocycles. The number of nitrogens with one attached hydrogen (secondary N) is 9. The molecule has 41 heteroatoms. The van der Waals surface area contributed by atoms with E-state index >= 15 is 0 Å². The van der Waals surface area contributed by atoms with Gasteiger partial charge in [0.05, 0.1) is 94.1 Å². The molecule has 4 saturated heterocycles. The van der Waals surface area contributed by atoms with Gasteiger partial charge in [-0.3, -0.25) is 54.8 Å². The monoisotopic (exact) mass is 1950 g/mol. The number of likely N-dealkylation sites (tertiary alicyclic amines) is 3. The maximum atomic E-state index is 13.2. The van der Waals surface area contributed by atoms with Crippen molar-refractivity contribution in [3.8, 4) is 23.5 Å². The molecule has 4 aliphatic rings. The standard InChI is InChI=1S/3C25H33N5O5.C13H17N3O5.C12H18N2O/c3*1-15-7-8-19(17-9-10-26-20(12-17)34-6)30(14-15)23(32)22(31)28-18-11-16(2)21(27-13-18)29-24(33)35-25(3,4)5;1-7-5-8(15-10(17)11(18)19)6-14-9(7)16-12(20)21-13(2,3)4;1-9-3-4-11(14-8-9)10-5-6-13-12(7-10)15-2/h3*9-13,15,19H,7-8,14H2,1-6H3,(H,28,31)(H,27,29,33);5-6H,1-4H3,(H,15,17)(H,18,19)(H,14,16,20);5-7,9,11,14H,3-4,8H2,1-2H3/t3*15-,19+;;9-,11+/m100.0/s1. The number of amides is 11. The van der Waals surface area contributed by atoms with E-state index in [1.165, 1.54) is 70.6 Å². The lowest BCUT2D eigenvalue weighted by Crippen LogP contribution is -2.46. The van der Waals surface area contributed by atoms with Crippen LogP contribution in [0.5, 0.6) is 23.5 Å². The van der Waals surface area contributed by atoms with E-state index in [0.717, 1.165) is 67.7 Å². The summed E-state index contributed by atoms with van der Waals surface area (Å²) in [5.74, 6) is -2.00. The summed E-state index contributed by atoms with van der Waals surface area (Å²) in [6, 6.07) is 21.1. The molecule has 12 rings (SSSR count). The summed E-state index contributed by atoms with van der Waals surface area (Å²) < 4.78 is 41.6. The molecule has 0 spiro atoms. The number of aliphatic carboxylic acids is 1. The first-order chi connectivity index (χ1) is 66.3. The number of methoxy groups -OCH3 is 4. The minimum Gasteiger partial charge on any atom is -0.481 e. The van der Waals surface area contributed by atoms with Crippen molar-refractivity contribution in [2.24, 2.45) is 23.7 Å². The number of carboxylic acids is 1. The highest BCUT2D eigenvalue weighted by Crippen LogP contribution is 2.39. The lowest BCUT2D eigenvalue weighted by molar-refractivity contribution is -0.147. The average Bonchev–Trinajstić information content (AvgIpc) is 0.805. The van der Waals surface area contributed by atoms with E-state index in [9.17, 15) is 57.5 Å². The Hall–Kier alpha value is -14.8. The summed E-state index contributed by atoms with van der Waals surface area (Å²) >= 11 is 0. The molecular formula is C100H134N20O21. The third-order valence-corrected chi connectivity index (χ3v) is 21.9. The molecule has 10 N–H and O–H groups in total. The van der Waals surface area contributed by atoms with Gasteiger partial charge in [-0.15, -0.1) is 0 Å². The van der Waals surface area contributed by atoms with Gasteiger partial charge in [0, 0.05) is 74.7 Å². The van der Waals surface area contributed by atoms with Crippen molar-refractivity contribution in [3.05, 3.63) is 167 Å². The van der Waals surface area contributed by atoms with Crippen LogP contribution < -0.4 is 66.8 Å². The van der Waals surface area contributed by atoms with E-state index in [2.05, 4.69) is 121 Å². The Morgan fingerprint density at radius 2 is 0.567 bits per heavy atom. The van der Waals surface area contributed by atoms with Crippen molar-refractivity contribution in [1.29, 1.82) is 0 Å². The van der Waals surface area contributed by atoms with E-state index < -0.39 is 94.1 Å². The Bertz CT molecular complexity index is 5320. The Morgan fingerprint density at radius 3 is 0.794 bits per heavy atom. The van der Waals surface area contributed by atoms with Crippen molar-refractivity contribution >= 4 is 118 Å². The van der Waals surface area contributed by atoms with E-state index in [4.69, 9.17) is 43.0 Å². The van der Waals surface area contributed by atoms with Crippen molar-refractivity contribution in [2.75, 3.05) is 97.2 Å². The van der Waals surface area contributed by atoms with Gasteiger partial charge in [0.15, 0.2) is 0 Å². The first kappa shape index (κ1) is 111. The highest BCUT2D eigenvalue weighted by atomic mass is 16.6. The number of piperidine rings is 4. The zero-order valence-corrected chi connectivity index (χ0v) is 84.7. The molecule has 0 saturated carbocycles. The second-order valence-corrected chi connectivity index (χ2v) is 38.8. The number of hydrogen-bond donors (Lipinski definition) is 10. The average molecular weight is 1950 g/mol. The molecular weight excluding hydrogens is 1820 g/mol. The number of ether oxygens (including phenoxy) is 8. The number of anilines is 8. The molecule has 8 aromatic rings. The molecule has 11 amide bonds. The highest BCUT2D eigenvalue weighted by molar-refractivity contribution is 6.41. The fourth-order valence-corrected chi connectivity index (χ4v) is 15.3. The van der Waals surface area contributed by atoms with Crippen LogP contribution in [0.25, 0.3) is 0 Å². The molecule has 141 heavy (non-hydrogen) atoms. The van der Waals surface area contributed by atoms with Gasteiger partial charge < -0.3 is 84.3 Å². The molecule has 0 bridgehead atoms. The Balaban J connectivity index is 0.000000222. The summed E-state index contributed by atoms with van der Waals surface area (Å²) in [6.07, 6.45) is 17.1. The van der Waals surface area contributed by atoms with Gasteiger partial charge in [-0.2, -0.15) is 0 Å². The van der Waals surface area contributed by atoms with E-state index in [1.54, 1.807) is 188 Å². The SMILES string of the molecule is COc1cc([C@@H]2CC[C@@H](C)CN2C(=O)C(=O)Nc2cnc(NC(=O)OC(C)(C)C)c(C)c2)ccn1.COc1cc([C@H]2CC[C@H](C)CN2)ccn1.COc1cc([C@H]2CC[C@H](C)CN2C(=O)C(=O)Nc2cnc(NC(=O)OC(C)(C)C)c(C)c2)ccn1.COc1cc([C@H]2CC[C@H](C)CN2C(=O)C(=O)Nc2cnc(NC(=O)OC(C)(C)C)c(C)c2)ccn1.Cc1cc(NC(=O)C(=O)O)cnc1NC(=O)OC(C)(C)C. The number of carbonyl (C=O) groups is 12. The number of nitrogens with zero attached hydrogens (tertiary/aromatic N) is 11. The maximum absolute atomic E-state index is 13.2. The molecule has 0 aromatic carbocycles. The van der Waals surface area contributed by atoms with Crippen molar-refractivity contribution in [3.63, 3.8) is 0 Å². The third-order valence-electron chi connectivity index (χ3n) is 21.9. The Morgan fingerprint density at radius 1 is 0.326 bits per heavy atom. The fourth-order valence-electron chi connectivity index (χ4n) is 15.3. The van der Waals surface area contributed by atoms with Crippen molar-refractivity contribution in [1.82, 2.24) is 59.9 Å². The van der Waals surface area contributed by atoms with Gasteiger partial charge in [-0.1, -0.05) is 27.7 Å². The van der Waals surface area contributed by atoms with E-state index in [0.29, 0.717) is 106 Å². The van der Waals surface area contributed by atoms with E-state index in [-0.39, 0.29) is 47.4 Å². The topological polar surface area (TPSA) is 520 Å². The molecule has 0 unspecified atom stereocenters. The number of carbonyl (C=O) groups excluding carboxylic acids is 11. The minimum absolute atomic E-state index is 0.217. The molecule has 4 aliphatic heterocycles. The maximum Gasteiger partial charge on any atom is 0.413 e. The first-order valence-electron chi connectivity index (χ1n) is 46.3. The van der Waals surface area contributed by atoms with Gasteiger partial charge in [0.1, 0.15) is 45.7 Å². The van der Waals surface area contributed by atoms with Gasteiger partial charge in [-0.25, -0.2) is 63.8 Å². The van der Waals surface area contributed by atoms with Crippen LogP contribution in [0.15, 0.2) is 122 Å². The number of hydrogen-bond acceptors (Lipinski definition) is 29. The fraction of sp³-hybridized carbons (Fsp3) is 0.480. The molecule has 12 heterocycles. The zero-order chi connectivity index (χ0) is 104. The second-order valence-electron chi connectivity index (χ2n) is 38.8. The van der Waals surface area contributed by atoms with Gasteiger partial charge in [0.2, 0.25) is 23.5 Å². The lowest BCUT2D eigenvalue weighted by Gasteiger charge is -2.38. The molecule has 41 nitrogen and oxygen atoms in total. The van der Waals surface area contributed by atoms with Gasteiger partial charge >= 0.3 is 71.7 Å². The van der Waals surface area contributed by atoms with E-state index in [1.807, 2.05) is 30.5 Å². The van der Waals surface area contributed by atoms with Gasteiger partial charge in [0.25, 0.3) is 0 Å². The van der Waals surface area contributed by atoms with Crippen LogP contribution in [0.4, 0.5) is 65.2 Å². The molecule has 0 aliphatic carbocycles. The van der Waals surface area contributed by atoms with Crippen molar-refractivity contribution < 1.29 is 101 Å². The number of pyridine rings is 8. The summed E-state index contributed by atoms with van der Waals surface area (Å²) in [7, 11) is 6.27. The predicted molar refractivity (Wildman–Crippen MR) is 528 cm³/mol. The highest BCUT2D eigenvalue weighted by Gasteiger charge is 2.39. The van der Waals surface area contributed by atoms with Crippen LogP contribution >= 0.6 is 0 Å². The number of rotatable bonds is 16. The largest absolute Gasteiger partial charge is 0.481 e. The predicted octanol–water partition coefficient (Wildman–Crippen LogP) is 16.1. The van der Waals surface area contributed by atoms with Crippen LogP contribution in [0.2, 0.25) is 0 Å². The molecule has 760 valence electrons. The summed E-state index contributed by atoms with van der Waals surface area (Å²) in [5.41, 5.74) is 4.99. The third kappa shape index (κ3) is 35.9. The molecule has 4 fully saturated rings. The zero-order valence-electron chi connectivity index (χ0n) is 84.7. The van der Waals surface area contributed by atoms with Gasteiger partial charge in [-0.05, 0) is 285 Å². The number of aromatic nitrogens is 8. The Labute approximate surface area is 821 Å². The van der Waals surface area contributed by atoms with Crippen LogP contribution in [0.1, 0.15) is 231 Å². The van der Waals surface area contributed by atoms with Crippen LogP contribution in [-0.4, -0.2) is 208 Å². The smallest absolute Gasteiger partial charge is 0.413 e. The summed E-state index contributed by atoms with van der Waals surface area (Å²) in [4.78, 5) is 185. The first-order valence-corrected chi connectivity index (χ1v) is 46.3. The van der Waals surface area contributed by atoms with Crippen LogP contribution in [0, 0.1) is 51.4 Å². The van der Waals surface area contributed by atoms with Crippen molar-refractivity contribution in [2.45, 2.75) is 236 Å². The number of aryl methyl sites for hydroxylation is 4. The second kappa shape index (κ2) is 50.7. The van der Waals surface area contributed by atoms with Crippen LogP contribution in [0.3, 0.4) is 0 Å². The summed E-state index contributed by atoms with van der Waals surface area (Å²) in [6.45, 7) is 38.9. The Kier molecular flexibility index (Phi) is 40.1. The normalized spacial score (nSPS) is 17.7. The molecule has 0 radical (unpaired) electrons. The summed E-state index contributed by atoms with van der Waals surface area (Å²) in [5, 5.41) is 32.3. The minimum atomic E-state index is -1.59. The lowest BCUT2D eigenvalue weighted by atomic mass is 9.90. The van der Waals surface area contributed by atoms with Crippen LogP contribution in [-0.2, 0) is 57.3 Å². The quantitative estimate of drug-likeness (QED) is 0.0317. The molecule has 8 atom stereocenters.